The van der Waals surface area contributed by atoms with Gasteiger partial charge in [-0.05, 0) is 17.7 Å². The minimum atomic E-state index is -0.308. The number of hydrogen-bond donors (Lipinski definition) is 1. The van der Waals surface area contributed by atoms with Gasteiger partial charge in [0.15, 0.2) is 0 Å². The molecule has 0 heterocycles. The average molecular weight is 268 g/mol. The average Bonchev–Trinajstić information content (AvgIpc) is 2.44. The lowest BCUT2D eigenvalue weighted by Crippen LogP contribution is -2.06. The van der Waals surface area contributed by atoms with Gasteiger partial charge in [-0.25, -0.2) is 0 Å². The maximum atomic E-state index is 11.2. The second kappa shape index (κ2) is 8.50. The van der Waals surface area contributed by atoms with Gasteiger partial charge in [0.1, 0.15) is 5.75 Å². The van der Waals surface area contributed by atoms with Crippen molar-refractivity contribution < 1.29 is 24.1 Å². The smallest absolute Gasteiger partial charge is 0.309 e. The van der Waals surface area contributed by atoms with Crippen molar-refractivity contribution in [2.45, 2.75) is 19.4 Å². The molecule has 19 heavy (non-hydrogen) atoms. The van der Waals surface area contributed by atoms with Crippen LogP contribution in [0.1, 0.15) is 17.5 Å². The third-order valence-corrected chi connectivity index (χ3v) is 2.62. The molecule has 0 radical (unpaired) electrons. The Labute approximate surface area is 113 Å². The molecule has 0 aliphatic heterocycles. The summed E-state index contributed by atoms with van der Waals surface area (Å²) in [6.45, 7) is 1.03. The standard InChI is InChI=1S/C14H20O5/c1-17-6-3-7-19-13-5-4-11(8-12(13)10-15)9-14(16)18-2/h4-5,8,15H,3,6-7,9-10H2,1-2H3. The molecule has 5 heteroatoms. The first kappa shape index (κ1) is 15.5. The lowest BCUT2D eigenvalue weighted by atomic mass is 10.1. The van der Waals surface area contributed by atoms with Crippen molar-refractivity contribution in [2.24, 2.45) is 0 Å². The van der Waals surface area contributed by atoms with E-state index >= 15 is 0 Å². The van der Waals surface area contributed by atoms with Crippen LogP contribution in [0.3, 0.4) is 0 Å². The quantitative estimate of drug-likeness (QED) is 0.569. The molecule has 1 rings (SSSR count). The molecule has 0 saturated carbocycles. The summed E-state index contributed by atoms with van der Waals surface area (Å²) in [5.41, 5.74) is 1.46. The highest BCUT2D eigenvalue weighted by molar-refractivity contribution is 5.72. The van der Waals surface area contributed by atoms with Crippen molar-refractivity contribution in [1.29, 1.82) is 0 Å². The van der Waals surface area contributed by atoms with Gasteiger partial charge in [-0.2, -0.15) is 0 Å². The third kappa shape index (κ3) is 5.28. The first-order valence-electron chi connectivity index (χ1n) is 6.12. The molecule has 0 amide bonds. The SMILES string of the molecule is COCCCOc1ccc(CC(=O)OC)cc1CO. The molecule has 1 aromatic carbocycles. The predicted molar refractivity (Wildman–Crippen MR) is 70.1 cm³/mol. The summed E-state index contributed by atoms with van der Waals surface area (Å²) in [7, 11) is 2.99. The van der Waals surface area contributed by atoms with Crippen molar-refractivity contribution in [2.75, 3.05) is 27.4 Å². The highest BCUT2D eigenvalue weighted by Crippen LogP contribution is 2.21. The van der Waals surface area contributed by atoms with Gasteiger partial charge in [-0.3, -0.25) is 4.79 Å². The summed E-state index contributed by atoms with van der Waals surface area (Å²) in [5.74, 6) is 0.324. The van der Waals surface area contributed by atoms with E-state index in [4.69, 9.17) is 9.47 Å². The van der Waals surface area contributed by atoms with Crippen LogP contribution in [0.25, 0.3) is 0 Å². The minimum absolute atomic E-state index is 0.130. The zero-order chi connectivity index (χ0) is 14.1. The highest BCUT2D eigenvalue weighted by Gasteiger charge is 2.08. The van der Waals surface area contributed by atoms with Crippen molar-refractivity contribution >= 4 is 5.97 Å². The van der Waals surface area contributed by atoms with E-state index in [2.05, 4.69) is 4.74 Å². The van der Waals surface area contributed by atoms with E-state index < -0.39 is 0 Å². The van der Waals surface area contributed by atoms with Crippen molar-refractivity contribution in [3.8, 4) is 5.75 Å². The number of carbonyl (C=O) groups excluding carboxylic acids is 1. The maximum Gasteiger partial charge on any atom is 0.309 e. The van der Waals surface area contributed by atoms with Gasteiger partial charge in [0.05, 0.1) is 26.7 Å². The first-order chi connectivity index (χ1) is 9.21. The lowest BCUT2D eigenvalue weighted by molar-refractivity contribution is -0.139. The number of carbonyl (C=O) groups is 1. The summed E-state index contributed by atoms with van der Waals surface area (Å²) < 4.78 is 15.1. The molecule has 0 unspecified atom stereocenters. The zero-order valence-corrected chi connectivity index (χ0v) is 11.3. The Bertz CT molecular complexity index is 403. The van der Waals surface area contributed by atoms with Gasteiger partial charge < -0.3 is 19.3 Å². The van der Waals surface area contributed by atoms with Crippen LogP contribution < -0.4 is 4.74 Å². The second-order valence-electron chi connectivity index (χ2n) is 4.05. The number of esters is 1. The molecule has 106 valence electrons. The zero-order valence-electron chi connectivity index (χ0n) is 11.3. The van der Waals surface area contributed by atoms with Crippen LogP contribution in [-0.2, 0) is 27.3 Å². The van der Waals surface area contributed by atoms with Gasteiger partial charge in [0.2, 0.25) is 0 Å². The number of methoxy groups -OCH3 is 2. The number of aliphatic hydroxyl groups is 1. The van der Waals surface area contributed by atoms with Crippen LogP contribution in [0.2, 0.25) is 0 Å². The summed E-state index contributed by atoms with van der Waals surface area (Å²) in [6.07, 6.45) is 0.971. The van der Waals surface area contributed by atoms with Gasteiger partial charge in [0.25, 0.3) is 0 Å². The van der Waals surface area contributed by atoms with Crippen molar-refractivity contribution in [1.82, 2.24) is 0 Å². The van der Waals surface area contributed by atoms with Gasteiger partial charge in [-0.1, -0.05) is 6.07 Å². The molecule has 0 atom stereocenters. The van der Waals surface area contributed by atoms with Crippen LogP contribution in [0.4, 0.5) is 0 Å². The monoisotopic (exact) mass is 268 g/mol. The van der Waals surface area contributed by atoms with Gasteiger partial charge in [0, 0.05) is 25.7 Å². The van der Waals surface area contributed by atoms with Crippen LogP contribution >= 0.6 is 0 Å². The summed E-state index contributed by atoms with van der Waals surface area (Å²) in [6, 6.07) is 5.31. The molecular formula is C14H20O5. The maximum absolute atomic E-state index is 11.2. The Balaban J connectivity index is 2.64. The van der Waals surface area contributed by atoms with Crippen molar-refractivity contribution in [3.05, 3.63) is 29.3 Å². The fourth-order valence-corrected chi connectivity index (χ4v) is 1.63. The van der Waals surface area contributed by atoms with Crippen LogP contribution in [0.15, 0.2) is 18.2 Å². The molecule has 0 spiro atoms. The van der Waals surface area contributed by atoms with Crippen molar-refractivity contribution in [3.63, 3.8) is 0 Å². The molecular weight excluding hydrogens is 248 g/mol. The third-order valence-electron chi connectivity index (χ3n) is 2.62. The topological polar surface area (TPSA) is 65.0 Å². The number of aliphatic hydroxyl groups excluding tert-OH is 1. The Kier molecular flexibility index (Phi) is 6.92. The largest absolute Gasteiger partial charge is 0.493 e. The first-order valence-corrected chi connectivity index (χ1v) is 6.12. The minimum Gasteiger partial charge on any atom is -0.493 e. The van der Waals surface area contributed by atoms with E-state index in [1.807, 2.05) is 0 Å². The van der Waals surface area contributed by atoms with Crippen LogP contribution in [0.5, 0.6) is 5.75 Å². The van der Waals surface area contributed by atoms with E-state index in [1.165, 1.54) is 7.11 Å². The molecule has 0 saturated heterocycles. The Morgan fingerprint density at radius 2 is 2.05 bits per heavy atom. The molecule has 0 fully saturated rings. The van der Waals surface area contributed by atoms with E-state index in [-0.39, 0.29) is 19.0 Å². The van der Waals surface area contributed by atoms with Gasteiger partial charge >= 0.3 is 5.97 Å². The number of hydrogen-bond acceptors (Lipinski definition) is 5. The number of rotatable bonds is 8. The molecule has 0 aromatic heterocycles. The molecule has 1 aromatic rings. The Morgan fingerprint density at radius 1 is 1.26 bits per heavy atom. The summed E-state index contributed by atoms with van der Waals surface area (Å²) in [4.78, 5) is 11.2. The highest BCUT2D eigenvalue weighted by atomic mass is 16.5. The van der Waals surface area contributed by atoms with Crippen LogP contribution in [0, 0.1) is 0 Å². The lowest BCUT2D eigenvalue weighted by Gasteiger charge is -2.11. The normalized spacial score (nSPS) is 10.3. The molecule has 1 N–H and O–H groups in total. The molecule has 0 bridgehead atoms. The fraction of sp³-hybridized carbons (Fsp3) is 0.500. The number of ether oxygens (including phenoxy) is 3. The number of benzene rings is 1. The van der Waals surface area contributed by atoms with E-state index in [1.54, 1.807) is 25.3 Å². The Hall–Kier alpha value is -1.59. The predicted octanol–water partition coefficient (Wildman–Crippen LogP) is 1.31. The van der Waals surface area contributed by atoms with E-state index in [0.717, 1.165) is 12.0 Å². The second-order valence-corrected chi connectivity index (χ2v) is 4.05. The van der Waals surface area contributed by atoms with E-state index in [9.17, 15) is 9.90 Å². The molecule has 0 aliphatic carbocycles. The Morgan fingerprint density at radius 3 is 2.68 bits per heavy atom. The van der Waals surface area contributed by atoms with E-state index in [0.29, 0.717) is 24.5 Å². The fourth-order valence-electron chi connectivity index (χ4n) is 1.63. The van der Waals surface area contributed by atoms with Gasteiger partial charge in [-0.15, -0.1) is 0 Å². The molecule has 0 aliphatic rings. The molecule has 5 nitrogen and oxygen atoms in total. The summed E-state index contributed by atoms with van der Waals surface area (Å²) in [5, 5.41) is 9.32. The van der Waals surface area contributed by atoms with Crippen LogP contribution in [-0.4, -0.2) is 38.5 Å². The summed E-state index contributed by atoms with van der Waals surface area (Å²) >= 11 is 0.